The number of aliphatic hydroxyl groups excluding tert-OH is 2. The Morgan fingerprint density at radius 3 is 1.41 bits per heavy atom. The van der Waals surface area contributed by atoms with Crippen molar-refractivity contribution in [2.45, 2.75) is 45.2 Å². The number of aliphatic hydroxyl groups is 2. The van der Waals surface area contributed by atoms with E-state index in [1.165, 1.54) is 0 Å². The van der Waals surface area contributed by atoms with E-state index in [4.69, 9.17) is 9.47 Å². The summed E-state index contributed by atoms with van der Waals surface area (Å²) in [6.07, 6.45) is -2.56. The number of hydrogen-bond donors (Lipinski definition) is 2. The summed E-state index contributed by atoms with van der Waals surface area (Å²) < 4.78 is 12.6. The third-order valence-corrected chi connectivity index (χ3v) is 7.40. The van der Waals surface area contributed by atoms with Gasteiger partial charge in [0.25, 0.3) is 0 Å². The predicted molar refractivity (Wildman–Crippen MR) is 170 cm³/mol. The van der Waals surface area contributed by atoms with E-state index in [1.54, 1.807) is 43.3 Å². The molecular formula is C34H33N3O9. The van der Waals surface area contributed by atoms with Crippen molar-refractivity contribution in [2.75, 3.05) is 13.2 Å². The Bertz CT molecular complexity index is 1940. The molecule has 2 N–H and O–H groups in total. The van der Waals surface area contributed by atoms with Gasteiger partial charge in [0, 0.05) is 6.54 Å². The molecule has 12 heteroatoms. The van der Waals surface area contributed by atoms with Crippen LogP contribution in [-0.4, -0.2) is 61.3 Å². The lowest BCUT2D eigenvalue weighted by Crippen LogP contribution is -2.56. The van der Waals surface area contributed by atoms with Crippen molar-refractivity contribution in [1.82, 2.24) is 13.7 Å². The highest BCUT2D eigenvalue weighted by Crippen LogP contribution is 2.17. The maximum atomic E-state index is 13.3. The number of ether oxygens (including phenoxy) is 2. The Morgan fingerprint density at radius 2 is 1.00 bits per heavy atom. The van der Waals surface area contributed by atoms with Crippen LogP contribution in [0.1, 0.15) is 34.1 Å². The molecule has 0 radical (unpaired) electrons. The maximum absolute atomic E-state index is 13.3. The molecule has 12 nitrogen and oxygen atoms in total. The zero-order chi connectivity index (χ0) is 32.8. The number of fused-ring (bicyclic) bond motifs is 2. The first-order chi connectivity index (χ1) is 22.2. The number of rotatable bonds is 12. The molecule has 2 unspecified atom stereocenters. The Kier molecular flexibility index (Phi) is 9.89. The first kappa shape index (κ1) is 32.1. The molecule has 0 aliphatic rings. The van der Waals surface area contributed by atoms with Crippen molar-refractivity contribution in [2.24, 2.45) is 0 Å². The Morgan fingerprint density at radius 1 is 0.609 bits per heavy atom. The summed E-state index contributed by atoms with van der Waals surface area (Å²) in [6.45, 7) is -0.527. The zero-order valence-corrected chi connectivity index (χ0v) is 25.1. The van der Waals surface area contributed by atoms with Crippen molar-refractivity contribution in [3.8, 4) is 0 Å². The minimum atomic E-state index is -1.47. The average Bonchev–Trinajstić information content (AvgIpc) is 3.07. The molecule has 0 spiro atoms. The molecule has 0 saturated heterocycles. The van der Waals surface area contributed by atoms with Crippen molar-refractivity contribution < 1.29 is 29.3 Å². The summed E-state index contributed by atoms with van der Waals surface area (Å²) in [5.74, 6) is -1.40. The first-order valence-corrected chi connectivity index (χ1v) is 14.8. The van der Waals surface area contributed by atoms with Gasteiger partial charge in [0.2, 0.25) is 0 Å². The average molecular weight is 628 g/mol. The molecule has 5 rings (SSSR count). The molecule has 0 saturated carbocycles. The van der Waals surface area contributed by atoms with Crippen LogP contribution in [0.3, 0.4) is 0 Å². The second-order valence-corrected chi connectivity index (χ2v) is 10.8. The van der Waals surface area contributed by atoms with Gasteiger partial charge < -0.3 is 19.7 Å². The lowest BCUT2D eigenvalue weighted by molar-refractivity contribution is 0.0189. The van der Waals surface area contributed by atoms with Crippen LogP contribution in [0.25, 0.3) is 21.5 Å². The summed E-state index contributed by atoms with van der Waals surface area (Å²) in [7, 11) is 0. The van der Waals surface area contributed by atoms with E-state index < -0.39 is 67.5 Å². The van der Waals surface area contributed by atoms with Gasteiger partial charge in [0.05, 0.1) is 24.2 Å². The molecular weight excluding hydrogens is 594 g/mol. The van der Waals surface area contributed by atoms with Crippen LogP contribution < -0.4 is 17.1 Å². The fourth-order valence-electron chi connectivity index (χ4n) is 5.08. The number of hydrogen-bond acceptors (Lipinski definition) is 9. The van der Waals surface area contributed by atoms with Crippen LogP contribution in [0, 0.1) is 0 Å². The van der Waals surface area contributed by atoms with Gasteiger partial charge >= 0.3 is 29.0 Å². The summed E-state index contributed by atoms with van der Waals surface area (Å²) in [4.78, 5) is 64.7. The van der Waals surface area contributed by atoms with Gasteiger partial charge in [-0.05, 0) is 52.2 Å². The number of aromatic nitrogens is 3. The minimum Gasteiger partial charge on any atom is -0.459 e. The second kappa shape index (κ2) is 14.2. The molecule has 0 amide bonds. The largest absolute Gasteiger partial charge is 0.459 e. The molecule has 1 aromatic heterocycles. The quantitative estimate of drug-likeness (QED) is 0.198. The van der Waals surface area contributed by atoms with Crippen molar-refractivity contribution in [1.29, 1.82) is 0 Å². The maximum Gasteiger partial charge on any atom is 0.338 e. The molecule has 46 heavy (non-hydrogen) atoms. The Hall–Kier alpha value is -5.33. The third kappa shape index (κ3) is 7.14. The van der Waals surface area contributed by atoms with Gasteiger partial charge in [-0.15, -0.1) is 0 Å². The molecule has 0 fully saturated rings. The lowest BCUT2D eigenvalue weighted by Gasteiger charge is -2.18. The van der Waals surface area contributed by atoms with Crippen LogP contribution in [0.5, 0.6) is 0 Å². The fraction of sp³-hybridized carbons (Fsp3) is 0.265. The van der Waals surface area contributed by atoms with Gasteiger partial charge in [0.15, 0.2) is 0 Å². The summed E-state index contributed by atoms with van der Waals surface area (Å²) >= 11 is 0. The van der Waals surface area contributed by atoms with E-state index in [0.29, 0.717) is 15.6 Å². The van der Waals surface area contributed by atoms with Crippen molar-refractivity contribution >= 4 is 33.5 Å². The highest BCUT2D eigenvalue weighted by Gasteiger charge is 2.21. The number of benzene rings is 4. The summed E-state index contributed by atoms with van der Waals surface area (Å²) in [5.41, 5.74) is -2.47. The number of esters is 2. The first-order valence-electron chi connectivity index (χ1n) is 14.8. The van der Waals surface area contributed by atoms with E-state index in [9.17, 15) is 34.2 Å². The third-order valence-electron chi connectivity index (χ3n) is 7.40. The van der Waals surface area contributed by atoms with Crippen LogP contribution in [0.15, 0.2) is 99.3 Å². The monoisotopic (exact) mass is 627 g/mol. The van der Waals surface area contributed by atoms with Crippen LogP contribution >= 0.6 is 0 Å². The van der Waals surface area contributed by atoms with E-state index >= 15 is 0 Å². The van der Waals surface area contributed by atoms with E-state index in [0.717, 1.165) is 26.1 Å². The van der Waals surface area contributed by atoms with E-state index in [1.807, 2.05) is 48.5 Å². The standard InChI is InChI=1S/C34H33N3O9/c1-2-15-35-32(42)36(18-28(38)20-45-30(40)26-13-11-22-7-3-5-9-24(22)16-26)34(44)37(33(35)43)19-29(39)21-46-31(41)27-14-12-23-8-4-6-10-25(23)17-27/h3-14,16-17,28-29,38-39H,2,15,18-21H2,1H3. The number of carbonyl (C=O) groups is 2. The molecule has 4 aromatic carbocycles. The molecule has 0 bridgehead atoms. The van der Waals surface area contributed by atoms with Crippen LogP contribution in [0.2, 0.25) is 0 Å². The molecule has 0 aliphatic carbocycles. The lowest BCUT2D eigenvalue weighted by atomic mass is 10.1. The number of nitrogens with zero attached hydrogens (tertiary/aromatic N) is 3. The highest BCUT2D eigenvalue weighted by molar-refractivity contribution is 5.96. The van der Waals surface area contributed by atoms with Crippen LogP contribution in [-0.2, 0) is 29.1 Å². The van der Waals surface area contributed by atoms with Gasteiger partial charge in [-0.1, -0.05) is 67.6 Å². The number of carbonyl (C=O) groups excluding carboxylic acids is 2. The van der Waals surface area contributed by atoms with Gasteiger partial charge in [-0.25, -0.2) is 37.7 Å². The van der Waals surface area contributed by atoms with E-state index in [-0.39, 0.29) is 17.7 Å². The van der Waals surface area contributed by atoms with Crippen molar-refractivity contribution in [3.05, 3.63) is 128 Å². The molecule has 5 aromatic rings. The fourth-order valence-corrected chi connectivity index (χ4v) is 5.08. The van der Waals surface area contributed by atoms with Crippen LogP contribution in [0.4, 0.5) is 0 Å². The summed E-state index contributed by atoms with van der Waals surface area (Å²) in [5, 5.41) is 24.8. The Balaban J connectivity index is 1.27. The zero-order valence-electron chi connectivity index (χ0n) is 25.1. The molecule has 2 atom stereocenters. The SMILES string of the molecule is CCCn1c(=O)n(CC(O)COC(=O)c2ccc3ccccc3c2)c(=O)n(CC(O)COC(=O)c2ccc3ccccc3c2)c1=O. The van der Waals surface area contributed by atoms with Gasteiger partial charge in [-0.2, -0.15) is 0 Å². The smallest absolute Gasteiger partial charge is 0.338 e. The molecule has 1 heterocycles. The van der Waals surface area contributed by atoms with E-state index in [2.05, 4.69) is 0 Å². The molecule has 0 aliphatic heterocycles. The normalized spacial score (nSPS) is 12.6. The second-order valence-electron chi connectivity index (χ2n) is 10.8. The van der Waals surface area contributed by atoms with Gasteiger partial charge in [-0.3, -0.25) is 0 Å². The summed E-state index contributed by atoms with van der Waals surface area (Å²) in [6, 6.07) is 24.9. The predicted octanol–water partition coefficient (Wildman–Crippen LogP) is 2.32. The van der Waals surface area contributed by atoms with Gasteiger partial charge in [0.1, 0.15) is 25.4 Å². The minimum absolute atomic E-state index is 0.0297. The topological polar surface area (TPSA) is 159 Å². The molecule has 238 valence electrons. The highest BCUT2D eigenvalue weighted by atomic mass is 16.5. The van der Waals surface area contributed by atoms with Crippen molar-refractivity contribution in [3.63, 3.8) is 0 Å². The Labute approximate surface area is 262 Å².